The van der Waals surface area contributed by atoms with Gasteiger partial charge >= 0.3 is 0 Å². The van der Waals surface area contributed by atoms with Crippen molar-refractivity contribution in [3.05, 3.63) is 64.7 Å². The molecule has 0 spiro atoms. The molecule has 0 aliphatic carbocycles. The highest BCUT2D eigenvalue weighted by Crippen LogP contribution is 2.27. The first-order valence-corrected chi connectivity index (χ1v) is 11.8. The second-order valence-electron chi connectivity index (χ2n) is 7.49. The van der Waals surface area contributed by atoms with Crippen LogP contribution >= 0.6 is 11.6 Å². The maximum absolute atomic E-state index is 13.1. The van der Waals surface area contributed by atoms with Gasteiger partial charge in [0.15, 0.2) is 0 Å². The van der Waals surface area contributed by atoms with Crippen LogP contribution in [0.15, 0.2) is 53.4 Å². The quantitative estimate of drug-likeness (QED) is 0.730. The molecule has 1 saturated heterocycles. The highest BCUT2D eigenvalue weighted by molar-refractivity contribution is 7.89. The van der Waals surface area contributed by atoms with Gasteiger partial charge in [-0.1, -0.05) is 61.7 Å². The van der Waals surface area contributed by atoms with Crippen molar-refractivity contribution in [2.45, 2.75) is 43.4 Å². The summed E-state index contributed by atoms with van der Waals surface area (Å²) in [7, 11) is -3.72. The standard InChI is InChI=1S/C22H27ClN2O3S/c1-17(18-9-5-4-6-10-18)16-24-22(26)19-11-12-20(23)21(15-19)29(27,28)25-13-7-2-3-8-14-25/h4-6,9-12,15,17H,2-3,7-8,13-14,16H2,1H3,(H,24,26)/t17-/m0/s1. The number of carbonyl (C=O) groups excluding carboxylic acids is 1. The minimum absolute atomic E-state index is 0.00447. The summed E-state index contributed by atoms with van der Waals surface area (Å²) in [5.74, 6) is -0.162. The van der Waals surface area contributed by atoms with Crippen molar-refractivity contribution in [3.63, 3.8) is 0 Å². The van der Waals surface area contributed by atoms with Gasteiger partial charge in [-0.05, 0) is 42.5 Å². The third-order valence-corrected chi connectivity index (χ3v) is 7.69. The number of hydrogen-bond donors (Lipinski definition) is 1. The molecule has 7 heteroatoms. The monoisotopic (exact) mass is 434 g/mol. The van der Waals surface area contributed by atoms with E-state index in [0.29, 0.717) is 25.2 Å². The Balaban J connectivity index is 1.75. The smallest absolute Gasteiger partial charge is 0.251 e. The molecular weight excluding hydrogens is 408 g/mol. The summed E-state index contributed by atoms with van der Waals surface area (Å²) >= 11 is 6.22. The largest absolute Gasteiger partial charge is 0.351 e. The van der Waals surface area contributed by atoms with E-state index in [0.717, 1.165) is 31.2 Å². The number of nitrogens with zero attached hydrogens (tertiary/aromatic N) is 1. The van der Waals surface area contributed by atoms with Crippen molar-refractivity contribution in [2.24, 2.45) is 0 Å². The van der Waals surface area contributed by atoms with Crippen LogP contribution in [0.4, 0.5) is 0 Å². The molecule has 0 bridgehead atoms. The zero-order valence-corrected chi connectivity index (χ0v) is 18.2. The number of nitrogens with one attached hydrogen (secondary N) is 1. The van der Waals surface area contributed by atoms with Gasteiger partial charge in [-0.25, -0.2) is 8.42 Å². The van der Waals surface area contributed by atoms with Crippen molar-refractivity contribution < 1.29 is 13.2 Å². The Morgan fingerprint density at radius 2 is 1.72 bits per heavy atom. The van der Waals surface area contributed by atoms with Crippen LogP contribution in [-0.2, 0) is 10.0 Å². The van der Waals surface area contributed by atoms with E-state index in [-0.39, 0.29) is 21.7 Å². The summed E-state index contributed by atoms with van der Waals surface area (Å²) in [5.41, 5.74) is 1.43. The van der Waals surface area contributed by atoms with E-state index in [1.165, 1.54) is 16.4 Å². The maximum atomic E-state index is 13.1. The van der Waals surface area contributed by atoms with Crippen molar-refractivity contribution >= 4 is 27.5 Å². The minimum atomic E-state index is -3.72. The Kier molecular flexibility index (Phi) is 7.33. The first kappa shape index (κ1) is 21.8. The summed E-state index contributed by atoms with van der Waals surface area (Å²) in [4.78, 5) is 12.6. The first-order chi connectivity index (χ1) is 13.9. The van der Waals surface area contributed by atoms with Crippen LogP contribution in [0, 0.1) is 0 Å². The third kappa shape index (κ3) is 5.38. The first-order valence-electron chi connectivity index (χ1n) is 10.0. The molecule has 2 aromatic carbocycles. The fourth-order valence-electron chi connectivity index (χ4n) is 3.51. The maximum Gasteiger partial charge on any atom is 0.251 e. The fourth-order valence-corrected chi connectivity index (χ4v) is 5.53. The van der Waals surface area contributed by atoms with Gasteiger partial charge in [-0.3, -0.25) is 4.79 Å². The highest BCUT2D eigenvalue weighted by Gasteiger charge is 2.28. The van der Waals surface area contributed by atoms with E-state index in [9.17, 15) is 13.2 Å². The number of sulfonamides is 1. The van der Waals surface area contributed by atoms with Gasteiger partial charge in [-0.15, -0.1) is 0 Å². The lowest BCUT2D eigenvalue weighted by molar-refractivity contribution is 0.0951. The molecule has 3 rings (SSSR count). The molecule has 0 unspecified atom stereocenters. The van der Waals surface area contributed by atoms with Crippen LogP contribution in [0.25, 0.3) is 0 Å². The zero-order valence-electron chi connectivity index (χ0n) is 16.6. The topological polar surface area (TPSA) is 66.5 Å². The molecule has 5 nitrogen and oxygen atoms in total. The van der Waals surface area contributed by atoms with Gasteiger partial charge in [0.25, 0.3) is 5.91 Å². The molecule has 0 saturated carbocycles. The Hall–Kier alpha value is -1.89. The number of rotatable bonds is 6. The van der Waals surface area contributed by atoms with Crippen molar-refractivity contribution in [3.8, 4) is 0 Å². The van der Waals surface area contributed by atoms with Gasteiger partial charge in [0.2, 0.25) is 10.0 Å². The highest BCUT2D eigenvalue weighted by atomic mass is 35.5. The normalized spacial score (nSPS) is 16.8. The number of hydrogen-bond acceptors (Lipinski definition) is 3. The summed E-state index contributed by atoms with van der Waals surface area (Å²) in [6.45, 7) is 3.47. The molecule has 156 valence electrons. The van der Waals surface area contributed by atoms with Gasteiger partial charge in [0.05, 0.1) is 5.02 Å². The second kappa shape index (κ2) is 9.74. The van der Waals surface area contributed by atoms with Gasteiger partial charge in [0.1, 0.15) is 4.90 Å². The van der Waals surface area contributed by atoms with Gasteiger partial charge in [0, 0.05) is 25.2 Å². The SMILES string of the molecule is C[C@@H](CNC(=O)c1ccc(Cl)c(S(=O)(=O)N2CCCCCC2)c1)c1ccccc1. The minimum Gasteiger partial charge on any atom is -0.351 e. The fraction of sp³-hybridized carbons (Fsp3) is 0.409. The van der Waals surface area contributed by atoms with Crippen LogP contribution in [0.1, 0.15) is 54.4 Å². The van der Waals surface area contributed by atoms with Gasteiger partial charge < -0.3 is 5.32 Å². The lowest BCUT2D eigenvalue weighted by Crippen LogP contribution is -2.32. The summed E-state index contributed by atoms with van der Waals surface area (Å²) in [6.07, 6.45) is 3.74. The predicted molar refractivity (Wildman–Crippen MR) is 116 cm³/mol. The lowest BCUT2D eigenvalue weighted by atomic mass is 10.0. The number of benzene rings is 2. The second-order valence-corrected chi connectivity index (χ2v) is 9.80. The molecule has 0 aromatic heterocycles. The molecule has 1 fully saturated rings. The summed E-state index contributed by atoms with van der Waals surface area (Å²) < 4.78 is 27.7. The Morgan fingerprint density at radius 3 is 2.38 bits per heavy atom. The van der Waals surface area contributed by atoms with Crippen LogP contribution in [0.2, 0.25) is 5.02 Å². The van der Waals surface area contributed by atoms with E-state index in [2.05, 4.69) is 5.32 Å². The molecule has 29 heavy (non-hydrogen) atoms. The molecule has 1 aliphatic heterocycles. The molecule has 1 amide bonds. The van der Waals surface area contributed by atoms with Crippen LogP contribution in [-0.4, -0.2) is 38.3 Å². The molecule has 2 aromatic rings. The van der Waals surface area contributed by atoms with Crippen LogP contribution < -0.4 is 5.32 Å². The van der Waals surface area contributed by atoms with Gasteiger partial charge in [-0.2, -0.15) is 4.31 Å². The van der Waals surface area contributed by atoms with Crippen LogP contribution in [0.3, 0.4) is 0 Å². The van der Waals surface area contributed by atoms with Crippen molar-refractivity contribution in [1.82, 2.24) is 9.62 Å². The van der Waals surface area contributed by atoms with E-state index >= 15 is 0 Å². The Bertz CT molecular complexity index is 940. The number of halogens is 1. The van der Waals surface area contributed by atoms with Crippen LogP contribution in [0.5, 0.6) is 0 Å². The third-order valence-electron chi connectivity index (χ3n) is 5.31. The molecule has 1 aliphatic rings. The molecular formula is C22H27ClN2O3S. The Labute approximate surface area is 178 Å². The molecule has 0 radical (unpaired) electrons. The molecule has 1 heterocycles. The van der Waals surface area contributed by atoms with E-state index in [1.807, 2.05) is 37.3 Å². The van der Waals surface area contributed by atoms with E-state index in [4.69, 9.17) is 11.6 Å². The predicted octanol–water partition coefficient (Wildman–Crippen LogP) is 4.44. The number of carbonyl (C=O) groups is 1. The molecule has 1 atom stereocenters. The average Bonchev–Trinajstić information content (AvgIpc) is 3.03. The lowest BCUT2D eigenvalue weighted by Gasteiger charge is -2.21. The van der Waals surface area contributed by atoms with E-state index in [1.54, 1.807) is 6.07 Å². The summed E-state index contributed by atoms with van der Waals surface area (Å²) in [6, 6.07) is 14.4. The Morgan fingerprint density at radius 1 is 1.07 bits per heavy atom. The average molecular weight is 435 g/mol. The zero-order chi connectivity index (χ0) is 20.9. The molecule has 1 N–H and O–H groups in total. The summed E-state index contributed by atoms with van der Waals surface area (Å²) in [5, 5.41) is 3.04. The van der Waals surface area contributed by atoms with Crippen molar-refractivity contribution in [2.75, 3.05) is 19.6 Å². The van der Waals surface area contributed by atoms with Crippen molar-refractivity contribution in [1.29, 1.82) is 0 Å². The van der Waals surface area contributed by atoms with E-state index < -0.39 is 10.0 Å². The number of amides is 1.